The maximum absolute atomic E-state index is 13.0. The minimum absolute atomic E-state index is 0.161. The highest BCUT2D eigenvalue weighted by Gasteiger charge is 2.42. The number of benzene rings is 1. The van der Waals surface area contributed by atoms with Gasteiger partial charge in [0.15, 0.2) is 0 Å². The molecule has 2 rings (SSSR count). The Balaban J connectivity index is 2.22. The van der Waals surface area contributed by atoms with Gasteiger partial charge in [0.1, 0.15) is 16.9 Å². The molecule has 0 bridgehead atoms. The predicted molar refractivity (Wildman–Crippen MR) is 99.6 cm³/mol. The van der Waals surface area contributed by atoms with Crippen molar-refractivity contribution in [2.75, 3.05) is 25.6 Å². The Morgan fingerprint density at radius 2 is 1.88 bits per heavy atom. The number of nitrogens with one attached hydrogen (secondary N) is 1. The molecule has 1 aromatic rings. The van der Waals surface area contributed by atoms with Gasteiger partial charge in [0.05, 0.1) is 13.7 Å². The highest BCUT2D eigenvalue weighted by Crippen LogP contribution is 2.36. The SMILES string of the molecule is CCOc1ccc(NC(=O)C2(OCC)CCC(C)CC2)cc1C(=O)OC. The average Bonchev–Trinajstić information content (AvgIpc) is 2.64. The van der Waals surface area contributed by atoms with Crippen LogP contribution in [0.2, 0.25) is 0 Å². The van der Waals surface area contributed by atoms with Crippen molar-refractivity contribution in [1.29, 1.82) is 0 Å². The lowest BCUT2D eigenvalue weighted by Gasteiger charge is -2.37. The summed E-state index contributed by atoms with van der Waals surface area (Å²) in [6.07, 6.45) is 3.33. The van der Waals surface area contributed by atoms with E-state index in [9.17, 15) is 9.59 Å². The summed E-state index contributed by atoms with van der Waals surface area (Å²) in [5, 5.41) is 2.91. The highest BCUT2D eigenvalue weighted by atomic mass is 16.5. The number of amides is 1. The van der Waals surface area contributed by atoms with Crippen LogP contribution in [0.3, 0.4) is 0 Å². The minimum Gasteiger partial charge on any atom is -0.493 e. The summed E-state index contributed by atoms with van der Waals surface area (Å²) in [4.78, 5) is 25.0. The smallest absolute Gasteiger partial charge is 0.341 e. The molecule has 6 nitrogen and oxygen atoms in total. The van der Waals surface area contributed by atoms with Crippen molar-refractivity contribution in [1.82, 2.24) is 0 Å². The van der Waals surface area contributed by atoms with E-state index < -0.39 is 11.6 Å². The Hall–Kier alpha value is -2.08. The van der Waals surface area contributed by atoms with Gasteiger partial charge < -0.3 is 19.5 Å². The second-order valence-corrected chi connectivity index (χ2v) is 6.70. The van der Waals surface area contributed by atoms with Gasteiger partial charge in [-0.05, 0) is 63.6 Å². The van der Waals surface area contributed by atoms with Crippen molar-refractivity contribution in [3.63, 3.8) is 0 Å². The summed E-state index contributed by atoms with van der Waals surface area (Å²) in [6.45, 7) is 6.86. The molecule has 1 fully saturated rings. The summed E-state index contributed by atoms with van der Waals surface area (Å²) in [6, 6.07) is 4.97. The maximum Gasteiger partial charge on any atom is 0.341 e. The maximum atomic E-state index is 13.0. The average molecular weight is 363 g/mol. The third-order valence-corrected chi connectivity index (χ3v) is 4.86. The van der Waals surface area contributed by atoms with Gasteiger partial charge in [0.25, 0.3) is 5.91 Å². The van der Waals surface area contributed by atoms with Gasteiger partial charge in [-0.15, -0.1) is 0 Å². The Bertz CT molecular complexity index is 635. The fraction of sp³-hybridized carbons (Fsp3) is 0.600. The van der Waals surface area contributed by atoms with E-state index in [1.165, 1.54) is 7.11 Å². The van der Waals surface area contributed by atoms with Crippen LogP contribution in [0.15, 0.2) is 18.2 Å². The van der Waals surface area contributed by atoms with E-state index in [4.69, 9.17) is 14.2 Å². The second kappa shape index (κ2) is 9.03. The third-order valence-electron chi connectivity index (χ3n) is 4.86. The lowest BCUT2D eigenvalue weighted by molar-refractivity contribution is -0.146. The molecular formula is C20H29NO5. The number of anilines is 1. The zero-order valence-corrected chi connectivity index (χ0v) is 16.1. The number of hydrogen-bond acceptors (Lipinski definition) is 5. The third kappa shape index (κ3) is 4.55. The van der Waals surface area contributed by atoms with Crippen LogP contribution in [-0.2, 0) is 14.3 Å². The first-order valence-corrected chi connectivity index (χ1v) is 9.26. The molecule has 144 valence electrons. The molecule has 1 amide bonds. The normalized spacial score (nSPS) is 22.5. The largest absolute Gasteiger partial charge is 0.493 e. The number of rotatable bonds is 7. The van der Waals surface area contributed by atoms with Crippen LogP contribution >= 0.6 is 0 Å². The topological polar surface area (TPSA) is 73.9 Å². The van der Waals surface area contributed by atoms with Crippen LogP contribution in [-0.4, -0.2) is 37.8 Å². The lowest BCUT2D eigenvalue weighted by Crippen LogP contribution is -2.48. The van der Waals surface area contributed by atoms with Gasteiger partial charge in [-0.25, -0.2) is 4.79 Å². The van der Waals surface area contributed by atoms with Crippen molar-refractivity contribution in [2.45, 2.75) is 52.1 Å². The van der Waals surface area contributed by atoms with Gasteiger partial charge in [0, 0.05) is 12.3 Å². The first kappa shape index (κ1) is 20.2. The van der Waals surface area contributed by atoms with Crippen LogP contribution in [0.25, 0.3) is 0 Å². The van der Waals surface area contributed by atoms with Gasteiger partial charge in [0.2, 0.25) is 0 Å². The first-order valence-electron chi connectivity index (χ1n) is 9.26. The molecule has 0 spiro atoms. The number of ether oxygens (including phenoxy) is 3. The molecule has 0 radical (unpaired) electrons. The van der Waals surface area contributed by atoms with E-state index in [0.717, 1.165) is 12.8 Å². The van der Waals surface area contributed by atoms with Crippen molar-refractivity contribution in [2.24, 2.45) is 5.92 Å². The molecule has 0 aromatic heterocycles. The molecular weight excluding hydrogens is 334 g/mol. The zero-order chi connectivity index (χ0) is 19.2. The summed E-state index contributed by atoms with van der Waals surface area (Å²) >= 11 is 0. The molecule has 1 saturated carbocycles. The fourth-order valence-electron chi connectivity index (χ4n) is 3.35. The standard InChI is InChI=1S/C20H29NO5/c1-5-25-17-8-7-15(13-16(17)18(22)24-4)21-19(23)20(26-6-2)11-9-14(3)10-12-20/h7-8,13-14H,5-6,9-12H2,1-4H3,(H,21,23). The number of carbonyl (C=O) groups excluding carboxylic acids is 2. The summed E-state index contributed by atoms with van der Waals surface area (Å²) < 4.78 is 16.2. The van der Waals surface area contributed by atoms with E-state index in [0.29, 0.717) is 43.4 Å². The van der Waals surface area contributed by atoms with Crippen LogP contribution in [0, 0.1) is 5.92 Å². The minimum atomic E-state index is -0.800. The molecule has 1 aliphatic rings. The molecule has 0 saturated heterocycles. The Morgan fingerprint density at radius 1 is 1.19 bits per heavy atom. The Morgan fingerprint density at radius 3 is 2.46 bits per heavy atom. The molecule has 26 heavy (non-hydrogen) atoms. The molecule has 0 heterocycles. The van der Waals surface area contributed by atoms with Crippen LogP contribution in [0.4, 0.5) is 5.69 Å². The molecule has 0 unspecified atom stereocenters. The van der Waals surface area contributed by atoms with Crippen LogP contribution < -0.4 is 10.1 Å². The first-order chi connectivity index (χ1) is 12.5. The molecule has 1 aliphatic carbocycles. The summed E-state index contributed by atoms with van der Waals surface area (Å²) in [5.41, 5.74) is 0.0112. The molecule has 1 N–H and O–H groups in total. The van der Waals surface area contributed by atoms with Gasteiger partial charge >= 0.3 is 5.97 Å². The van der Waals surface area contributed by atoms with Crippen molar-refractivity contribution >= 4 is 17.6 Å². The Kier molecular flexibility index (Phi) is 7.03. The molecule has 0 aliphatic heterocycles. The molecule has 0 atom stereocenters. The monoisotopic (exact) mass is 363 g/mol. The van der Waals surface area contributed by atoms with Crippen molar-refractivity contribution in [3.8, 4) is 5.75 Å². The zero-order valence-electron chi connectivity index (χ0n) is 16.1. The van der Waals surface area contributed by atoms with E-state index >= 15 is 0 Å². The van der Waals surface area contributed by atoms with E-state index in [2.05, 4.69) is 12.2 Å². The van der Waals surface area contributed by atoms with Gasteiger partial charge in [-0.3, -0.25) is 4.79 Å². The van der Waals surface area contributed by atoms with Gasteiger partial charge in [-0.1, -0.05) is 6.92 Å². The molecule has 6 heteroatoms. The highest BCUT2D eigenvalue weighted by molar-refractivity contribution is 5.99. The lowest BCUT2D eigenvalue weighted by atomic mass is 9.78. The second-order valence-electron chi connectivity index (χ2n) is 6.70. The van der Waals surface area contributed by atoms with Crippen LogP contribution in [0.5, 0.6) is 5.75 Å². The number of esters is 1. The fourth-order valence-corrected chi connectivity index (χ4v) is 3.35. The molecule has 1 aromatic carbocycles. The van der Waals surface area contributed by atoms with E-state index in [1.807, 2.05) is 13.8 Å². The summed E-state index contributed by atoms with van der Waals surface area (Å²) in [7, 11) is 1.32. The summed E-state index contributed by atoms with van der Waals surface area (Å²) in [5.74, 6) is 0.373. The Labute approximate surface area is 155 Å². The number of carbonyl (C=O) groups is 2. The van der Waals surface area contributed by atoms with Crippen molar-refractivity contribution < 1.29 is 23.8 Å². The predicted octanol–water partition coefficient (Wildman–Crippen LogP) is 3.80. The quantitative estimate of drug-likeness (QED) is 0.746. The number of methoxy groups -OCH3 is 1. The van der Waals surface area contributed by atoms with Crippen molar-refractivity contribution in [3.05, 3.63) is 23.8 Å². The van der Waals surface area contributed by atoms with Gasteiger partial charge in [-0.2, -0.15) is 0 Å². The van der Waals surface area contributed by atoms with E-state index in [-0.39, 0.29) is 11.5 Å². The van der Waals surface area contributed by atoms with E-state index in [1.54, 1.807) is 18.2 Å². The number of hydrogen-bond donors (Lipinski definition) is 1. The van der Waals surface area contributed by atoms with Crippen LogP contribution in [0.1, 0.15) is 56.8 Å².